The average Bonchev–Trinajstić information content (AvgIpc) is 3.38. The van der Waals surface area contributed by atoms with E-state index in [1.54, 1.807) is 0 Å². The van der Waals surface area contributed by atoms with Gasteiger partial charge in [0.05, 0.1) is 6.04 Å². The van der Waals surface area contributed by atoms with Gasteiger partial charge < -0.3 is 11.1 Å². The molecule has 2 aromatic rings. The Hall–Kier alpha value is -1.84. The molecule has 0 spiro atoms. The molecule has 0 bridgehead atoms. The minimum absolute atomic E-state index is 0. The molecule has 0 aliphatic heterocycles. The van der Waals surface area contributed by atoms with E-state index in [0.29, 0.717) is 18.0 Å². The molecule has 1 aliphatic carbocycles. The number of benzene rings is 2. The van der Waals surface area contributed by atoms with Crippen LogP contribution in [0.3, 0.4) is 0 Å². The standard InChI is InChI=1S/C18H20N2O.ClH/c19-12-13-6-8-16(9-7-13)18(21)20-17(15-10-11-15)14-4-2-1-3-5-14;/h1-9,15,17H,10-12,19H2,(H,20,21);1H. The zero-order valence-electron chi connectivity index (χ0n) is 12.4. The summed E-state index contributed by atoms with van der Waals surface area (Å²) in [5, 5.41) is 3.18. The average molecular weight is 317 g/mol. The van der Waals surface area contributed by atoms with Crippen LogP contribution in [0.15, 0.2) is 54.6 Å². The minimum atomic E-state index is -0.0145. The topological polar surface area (TPSA) is 55.1 Å². The molecule has 2 aromatic carbocycles. The summed E-state index contributed by atoms with van der Waals surface area (Å²) in [7, 11) is 0. The van der Waals surface area contributed by atoms with E-state index >= 15 is 0 Å². The highest BCUT2D eigenvalue weighted by atomic mass is 35.5. The number of rotatable bonds is 5. The number of nitrogens with two attached hydrogens (primary N) is 1. The SMILES string of the molecule is Cl.NCc1ccc(C(=O)NC(c2ccccc2)C2CC2)cc1. The first-order chi connectivity index (χ1) is 10.3. The van der Waals surface area contributed by atoms with Crippen molar-refractivity contribution in [3.8, 4) is 0 Å². The predicted octanol–water partition coefficient (Wildman–Crippen LogP) is 3.45. The maximum absolute atomic E-state index is 12.4. The second kappa shape index (κ2) is 7.43. The van der Waals surface area contributed by atoms with Crippen molar-refractivity contribution in [3.63, 3.8) is 0 Å². The molecule has 0 aromatic heterocycles. The van der Waals surface area contributed by atoms with Crippen LogP contribution in [0, 0.1) is 5.92 Å². The third kappa shape index (κ3) is 3.87. The Labute approximate surface area is 137 Å². The fraction of sp³-hybridized carbons (Fsp3) is 0.278. The quantitative estimate of drug-likeness (QED) is 0.887. The maximum Gasteiger partial charge on any atom is 0.251 e. The molecule has 1 aliphatic rings. The maximum atomic E-state index is 12.4. The molecule has 1 atom stereocenters. The minimum Gasteiger partial charge on any atom is -0.345 e. The molecule has 0 heterocycles. The van der Waals surface area contributed by atoms with Crippen molar-refractivity contribution in [1.82, 2.24) is 5.32 Å². The fourth-order valence-electron chi connectivity index (χ4n) is 2.58. The first-order valence-electron chi connectivity index (χ1n) is 7.43. The van der Waals surface area contributed by atoms with E-state index in [-0.39, 0.29) is 24.4 Å². The zero-order valence-corrected chi connectivity index (χ0v) is 13.2. The number of carbonyl (C=O) groups is 1. The summed E-state index contributed by atoms with van der Waals surface area (Å²) in [6.07, 6.45) is 2.37. The van der Waals surface area contributed by atoms with Crippen LogP contribution in [0.1, 0.15) is 40.4 Å². The van der Waals surface area contributed by atoms with E-state index in [1.165, 1.54) is 18.4 Å². The van der Waals surface area contributed by atoms with Gasteiger partial charge in [-0.1, -0.05) is 42.5 Å². The van der Waals surface area contributed by atoms with Crippen molar-refractivity contribution < 1.29 is 4.79 Å². The summed E-state index contributed by atoms with van der Waals surface area (Å²) < 4.78 is 0. The molecule has 1 fully saturated rings. The normalized spacial score (nSPS) is 14.8. The highest BCUT2D eigenvalue weighted by Crippen LogP contribution is 2.41. The number of carbonyl (C=O) groups excluding carboxylic acids is 1. The Morgan fingerprint density at radius 3 is 2.27 bits per heavy atom. The molecule has 3 nitrogen and oxygen atoms in total. The molecule has 0 saturated heterocycles. The first kappa shape index (κ1) is 16.5. The molecule has 116 valence electrons. The monoisotopic (exact) mass is 316 g/mol. The molecule has 1 unspecified atom stereocenters. The summed E-state index contributed by atoms with van der Waals surface area (Å²) in [6, 6.07) is 17.8. The summed E-state index contributed by atoms with van der Waals surface area (Å²) in [6.45, 7) is 0.497. The lowest BCUT2D eigenvalue weighted by Gasteiger charge is -2.19. The lowest BCUT2D eigenvalue weighted by atomic mass is 10.0. The van der Waals surface area contributed by atoms with Crippen LogP contribution in [0.25, 0.3) is 0 Å². The van der Waals surface area contributed by atoms with Gasteiger partial charge in [0, 0.05) is 12.1 Å². The van der Waals surface area contributed by atoms with E-state index in [0.717, 1.165) is 5.56 Å². The first-order valence-corrected chi connectivity index (χ1v) is 7.43. The molecular weight excluding hydrogens is 296 g/mol. The van der Waals surface area contributed by atoms with Gasteiger partial charge in [0.2, 0.25) is 0 Å². The third-order valence-electron chi connectivity index (χ3n) is 3.99. The van der Waals surface area contributed by atoms with Crippen molar-refractivity contribution in [2.75, 3.05) is 0 Å². The largest absolute Gasteiger partial charge is 0.345 e. The lowest BCUT2D eigenvalue weighted by Crippen LogP contribution is -2.29. The van der Waals surface area contributed by atoms with Gasteiger partial charge >= 0.3 is 0 Å². The van der Waals surface area contributed by atoms with Crippen molar-refractivity contribution in [1.29, 1.82) is 0 Å². The molecule has 1 saturated carbocycles. The summed E-state index contributed by atoms with van der Waals surface area (Å²) in [5.41, 5.74) is 8.49. The molecule has 3 N–H and O–H groups in total. The number of nitrogens with one attached hydrogen (secondary N) is 1. The zero-order chi connectivity index (χ0) is 14.7. The Morgan fingerprint density at radius 2 is 1.73 bits per heavy atom. The third-order valence-corrected chi connectivity index (χ3v) is 3.99. The number of amides is 1. The van der Waals surface area contributed by atoms with E-state index in [1.807, 2.05) is 42.5 Å². The van der Waals surface area contributed by atoms with Crippen molar-refractivity contribution >= 4 is 18.3 Å². The fourth-order valence-corrected chi connectivity index (χ4v) is 2.58. The Morgan fingerprint density at radius 1 is 1.09 bits per heavy atom. The van der Waals surface area contributed by atoms with Crippen LogP contribution in [-0.4, -0.2) is 5.91 Å². The summed E-state index contributed by atoms with van der Waals surface area (Å²) >= 11 is 0. The number of hydrogen-bond acceptors (Lipinski definition) is 2. The molecule has 1 amide bonds. The molecule has 4 heteroatoms. The second-order valence-electron chi connectivity index (χ2n) is 5.60. The lowest BCUT2D eigenvalue weighted by molar-refractivity contribution is 0.0931. The van der Waals surface area contributed by atoms with Gasteiger partial charge in [-0.25, -0.2) is 0 Å². The van der Waals surface area contributed by atoms with Crippen LogP contribution >= 0.6 is 12.4 Å². The van der Waals surface area contributed by atoms with Gasteiger partial charge in [0.15, 0.2) is 0 Å². The Kier molecular flexibility index (Phi) is 5.58. The van der Waals surface area contributed by atoms with Crippen LogP contribution in [0.4, 0.5) is 0 Å². The highest BCUT2D eigenvalue weighted by Gasteiger charge is 2.33. The molecular formula is C18H21ClN2O. The van der Waals surface area contributed by atoms with Crippen LogP contribution in [-0.2, 0) is 6.54 Å². The van der Waals surface area contributed by atoms with Gasteiger partial charge in [-0.3, -0.25) is 4.79 Å². The van der Waals surface area contributed by atoms with Crippen LogP contribution in [0.2, 0.25) is 0 Å². The Bertz CT molecular complexity index is 609. The molecule has 3 rings (SSSR count). The van der Waals surface area contributed by atoms with E-state index in [9.17, 15) is 4.79 Å². The molecule has 22 heavy (non-hydrogen) atoms. The number of halogens is 1. The molecule has 0 radical (unpaired) electrons. The van der Waals surface area contributed by atoms with Gasteiger partial charge in [-0.05, 0) is 42.0 Å². The number of hydrogen-bond donors (Lipinski definition) is 2. The van der Waals surface area contributed by atoms with Gasteiger partial charge in [0.1, 0.15) is 0 Å². The van der Waals surface area contributed by atoms with Crippen molar-refractivity contribution in [3.05, 3.63) is 71.3 Å². The van der Waals surface area contributed by atoms with E-state index in [4.69, 9.17) is 5.73 Å². The van der Waals surface area contributed by atoms with E-state index < -0.39 is 0 Å². The van der Waals surface area contributed by atoms with Crippen molar-refractivity contribution in [2.45, 2.75) is 25.4 Å². The second-order valence-corrected chi connectivity index (χ2v) is 5.60. The summed E-state index contributed by atoms with van der Waals surface area (Å²) in [4.78, 5) is 12.4. The van der Waals surface area contributed by atoms with Crippen molar-refractivity contribution in [2.24, 2.45) is 11.7 Å². The van der Waals surface area contributed by atoms with Gasteiger partial charge in [-0.2, -0.15) is 0 Å². The summed E-state index contributed by atoms with van der Waals surface area (Å²) in [5.74, 6) is 0.555. The predicted molar refractivity (Wildman–Crippen MR) is 91.0 cm³/mol. The van der Waals surface area contributed by atoms with Crippen LogP contribution in [0.5, 0.6) is 0 Å². The highest BCUT2D eigenvalue weighted by molar-refractivity contribution is 5.94. The smallest absolute Gasteiger partial charge is 0.251 e. The van der Waals surface area contributed by atoms with Gasteiger partial charge in [-0.15, -0.1) is 12.4 Å². The van der Waals surface area contributed by atoms with Gasteiger partial charge in [0.25, 0.3) is 5.91 Å². The van der Waals surface area contributed by atoms with E-state index in [2.05, 4.69) is 17.4 Å². The Balaban J connectivity index is 0.00000176. The van der Waals surface area contributed by atoms with Crippen LogP contribution < -0.4 is 11.1 Å².